The van der Waals surface area contributed by atoms with E-state index in [-0.39, 0.29) is 5.82 Å². The highest BCUT2D eigenvalue weighted by Gasteiger charge is 2.18. The molecule has 0 radical (unpaired) electrons. The Morgan fingerprint density at radius 1 is 1.53 bits per heavy atom. The van der Waals surface area contributed by atoms with Crippen molar-refractivity contribution >= 4 is 34.2 Å². The van der Waals surface area contributed by atoms with E-state index in [0.717, 1.165) is 24.6 Å². The zero-order valence-corrected chi connectivity index (χ0v) is 11.1. The van der Waals surface area contributed by atoms with Gasteiger partial charge in [-0.05, 0) is 24.6 Å². The Bertz CT molecular complexity index is 416. The van der Waals surface area contributed by atoms with Crippen LogP contribution in [0.5, 0.6) is 0 Å². The standard InChI is InChI=1S/C12H14ClFN2S/c1-2-3-11-7-15-12(17-11)16-10-5-8(13)4-9(14)6-10/h4-6,11H,2-3,7H2,1H3,(H,15,16). The predicted octanol–water partition coefficient (Wildman–Crippen LogP) is 4.16. The molecule has 1 unspecified atom stereocenters. The van der Waals surface area contributed by atoms with Crippen LogP contribution >= 0.6 is 23.4 Å². The molecule has 1 aromatic carbocycles. The van der Waals surface area contributed by atoms with Crippen molar-refractivity contribution in [2.24, 2.45) is 4.99 Å². The normalized spacial score (nSPS) is 19.2. The van der Waals surface area contributed by atoms with E-state index in [1.807, 2.05) is 0 Å². The summed E-state index contributed by atoms with van der Waals surface area (Å²) in [5, 5.41) is 4.89. The Balaban J connectivity index is 1.98. The molecule has 0 saturated heterocycles. The summed E-state index contributed by atoms with van der Waals surface area (Å²) in [6, 6.07) is 4.40. The van der Waals surface area contributed by atoms with Crippen molar-refractivity contribution in [3.05, 3.63) is 29.0 Å². The number of hydrogen-bond acceptors (Lipinski definition) is 3. The predicted molar refractivity (Wildman–Crippen MR) is 73.6 cm³/mol. The van der Waals surface area contributed by atoms with Gasteiger partial charge in [0.25, 0.3) is 0 Å². The molecule has 1 aromatic rings. The number of nitrogens with zero attached hydrogens (tertiary/aromatic N) is 1. The summed E-state index contributed by atoms with van der Waals surface area (Å²) in [5.41, 5.74) is 0.651. The number of thioether (sulfide) groups is 1. The van der Waals surface area contributed by atoms with Gasteiger partial charge in [-0.15, -0.1) is 0 Å². The zero-order chi connectivity index (χ0) is 12.3. The molecule has 0 bridgehead atoms. The molecule has 2 nitrogen and oxygen atoms in total. The van der Waals surface area contributed by atoms with E-state index in [4.69, 9.17) is 11.6 Å². The molecule has 0 spiro atoms. The molecule has 0 saturated carbocycles. The van der Waals surface area contributed by atoms with E-state index in [0.29, 0.717) is 16.0 Å². The van der Waals surface area contributed by atoms with Gasteiger partial charge in [0.2, 0.25) is 0 Å². The molecule has 0 aliphatic carbocycles. The number of rotatable bonds is 3. The molecule has 1 heterocycles. The second-order valence-corrected chi connectivity index (χ2v) is 5.68. The van der Waals surface area contributed by atoms with E-state index in [1.165, 1.54) is 12.1 Å². The number of anilines is 1. The molecular formula is C12H14ClFN2S. The van der Waals surface area contributed by atoms with E-state index in [1.54, 1.807) is 17.8 Å². The summed E-state index contributed by atoms with van der Waals surface area (Å²) in [6.07, 6.45) is 2.31. The van der Waals surface area contributed by atoms with Gasteiger partial charge in [0.15, 0.2) is 5.17 Å². The highest BCUT2D eigenvalue weighted by molar-refractivity contribution is 8.15. The first-order chi connectivity index (χ1) is 8.17. The summed E-state index contributed by atoms with van der Waals surface area (Å²) in [4.78, 5) is 4.39. The number of nitrogens with one attached hydrogen (secondary N) is 1. The summed E-state index contributed by atoms with van der Waals surface area (Å²) >= 11 is 7.50. The average molecular weight is 273 g/mol. The molecule has 1 atom stereocenters. The third-order valence-electron chi connectivity index (χ3n) is 2.44. The third kappa shape index (κ3) is 3.61. The van der Waals surface area contributed by atoms with Crippen LogP contribution in [-0.2, 0) is 0 Å². The van der Waals surface area contributed by atoms with Gasteiger partial charge in [-0.2, -0.15) is 0 Å². The van der Waals surface area contributed by atoms with Crippen LogP contribution in [0.4, 0.5) is 10.1 Å². The minimum atomic E-state index is -0.339. The van der Waals surface area contributed by atoms with Crippen LogP contribution in [0.1, 0.15) is 19.8 Å². The lowest BCUT2D eigenvalue weighted by Gasteiger charge is -2.08. The molecule has 5 heteroatoms. The molecule has 2 rings (SSSR count). The summed E-state index contributed by atoms with van der Waals surface area (Å²) in [5.74, 6) is -0.339. The number of amidine groups is 1. The maximum atomic E-state index is 13.1. The van der Waals surface area contributed by atoms with Gasteiger partial charge in [0.05, 0.1) is 6.54 Å². The quantitative estimate of drug-likeness (QED) is 0.893. The molecule has 17 heavy (non-hydrogen) atoms. The first-order valence-electron chi connectivity index (χ1n) is 5.61. The summed E-state index contributed by atoms with van der Waals surface area (Å²) in [7, 11) is 0. The van der Waals surface area contributed by atoms with Crippen LogP contribution in [-0.4, -0.2) is 17.0 Å². The fraction of sp³-hybridized carbons (Fsp3) is 0.417. The second kappa shape index (κ2) is 5.74. The van der Waals surface area contributed by atoms with Crippen molar-refractivity contribution in [1.29, 1.82) is 0 Å². The fourth-order valence-corrected chi connectivity index (χ4v) is 3.07. The fourth-order valence-electron chi connectivity index (χ4n) is 1.71. The van der Waals surface area contributed by atoms with Crippen molar-refractivity contribution in [2.45, 2.75) is 25.0 Å². The van der Waals surface area contributed by atoms with Crippen LogP contribution in [0, 0.1) is 5.82 Å². The summed E-state index contributed by atoms with van der Waals surface area (Å²) in [6.45, 7) is 3.00. The van der Waals surface area contributed by atoms with E-state index in [9.17, 15) is 4.39 Å². The van der Waals surface area contributed by atoms with Crippen LogP contribution in [0.3, 0.4) is 0 Å². The molecule has 1 aliphatic heterocycles. The highest BCUT2D eigenvalue weighted by Crippen LogP contribution is 2.27. The maximum absolute atomic E-state index is 13.1. The monoisotopic (exact) mass is 272 g/mol. The van der Waals surface area contributed by atoms with Gasteiger partial charge in [0.1, 0.15) is 5.82 Å². The third-order valence-corrected chi connectivity index (χ3v) is 3.83. The highest BCUT2D eigenvalue weighted by atomic mass is 35.5. The van der Waals surface area contributed by atoms with E-state index >= 15 is 0 Å². The van der Waals surface area contributed by atoms with Crippen molar-refractivity contribution in [3.63, 3.8) is 0 Å². The second-order valence-electron chi connectivity index (χ2n) is 3.96. The molecule has 1 aliphatic rings. The Morgan fingerprint density at radius 3 is 3.06 bits per heavy atom. The number of aliphatic imine (C=N–C) groups is 1. The van der Waals surface area contributed by atoms with Gasteiger partial charge in [-0.25, -0.2) is 4.39 Å². The Kier molecular flexibility index (Phi) is 4.29. The molecule has 1 N–H and O–H groups in total. The van der Waals surface area contributed by atoms with Crippen molar-refractivity contribution in [1.82, 2.24) is 0 Å². The lowest BCUT2D eigenvalue weighted by molar-refractivity contribution is 0.628. The molecule has 0 amide bonds. The number of halogens is 2. The van der Waals surface area contributed by atoms with Crippen LogP contribution < -0.4 is 5.32 Å². The largest absolute Gasteiger partial charge is 0.335 e. The first kappa shape index (κ1) is 12.7. The topological polar surface area (TPSA) is 24.4 Å². The SMILES string of the molecule is CCCC1CN=C(Nc2cc(F)cc(Cl)c2)S1. The Morgan fingerprint density at radius 2 is 2.35 bits per heavy atom. The molecule has 0 fully saturated rings. The van der Waals surface area contributed by atoms with Crippen LogP contribution in [0.25, 0.3) is 0 Å². The number of benzene rings is 1. The lowest BCUT2D eigenvalue weighted by Crippen LogP contribution is -2.07. The van der Waals surface area contributed by atoms with E-state index in [2.05, 4.69) is 17.2 Å². The number of hydrogen-bond donors (Lipinski definition) is 1. The smallest absolute Gasteiger partial charge is 0.161 e. The Labute approximate surface area is 110 Å². The van der Waals surface area contributed by atoms with Gasteiger partial charge in [-0.3, -0.25) is 4.99 Å². The molecular weight excluding hydrogens is 259 g/mol. The minimum Gasteiger partial charge on any atom is -0.335 e. The maximum Gasteiger partial charge on any atom is 0.161 e. The Hall–Kier alpha value is -0.740. The van der Waals surface area contributed by atoms with Crippen molar-refractivity contribution in [3.8, 4) is 0 Å². The average Bonchev–Trinajstić information content (AvgIpc) is 2.64. The van der Waals surface area contributed by atoms with Gasteiger partial charge < -0.3 is 5.32 Å². The molecule has 92 valence electrons. The lowest BCUT2D eigenvalue weighted by atomic mass is 10.2. The van der Waals surface area contributed by atoms with E-state index < -0.39 is 0 Å². The zero-order valence-electron chi connectivity index (χ0n) is 9.54. The summed E-state index contributed by atoms with van der Waals surface area (Å²) < 4.78 is 13.1. The first-order valence-corrected chi connectivity index (χ1v) is 6.87. The molecule has 0 aromatic heterocycles. The van der Waals surface area contributed by atoms with Gasteiger partial charge in [-0.1, -0.05) is 36.7 Å². The van der Waals surface area contributed by atoms with Crippen molar-refractivity contribution in [2.75, 3.05) is 11.9 Å². The minimum absolute atomic E-state index is 0.339. The van der Waals surface area contributed by atoms with Crippen LogP contribution in [0.15, 0.2) is 23.2 Å². The van der Waals surface area contributed by atoms with Gasteiger partial charge >= 0.3 is 0 Å². The van der Waals surface area contributed by atoms with Crippen molar-refractivity contribution < 1.29 is 4.39 Å². The van der Waals surface area contributed by atoms with Gasteiger partial charge in [0, 0.05) is 16.0 Å². The van der Waals surface area contributed by atoms with Crippen LogP contribution in [0.2, 0.25) is 5.02 Å².